The molecule has 0 atom stereocenters. The van der Waals surface area contributed by atoms with E-state index in [1.807, 2.05) is 18.2 Å². The first-order valence-corrected chi connectivity index (χ1v) is 9.02. The first-order chi connectivity index (χ1) is 13.2. The Hall–Kier alpha value is -3.15. The highest BCUT2D eigenvalue weighted by atomic mass is 16.6. The molecule has 6 heteroatoms. The van der Waals surface area contributed by atoms with Crippen LogP contribution in [0, 0.1) is 10.1 Å². The highest BCUT2D eigenvalue weighted by Gasteiger charge is 2.23. The number of ether oxygens (including phenoxy) is 1. The van der Waals surface area contributed by atoms with Crippen molar-refractivity contribution in [3.8, 4) is 5.75 Å². The molecule has 3 aromatic rings. The van der Waals surface area contributed by atoms with Crippen molar-refractivity contribution in [3.05, 3.63) is 80.7 Å². The molecule has 0 aliphatic heterocycles. The summed E-state index contributed by atoms with van der Waals surface area (Å²) in [7, 11) is 0. The van der Waals surface area contributed by atoms with Gasteiger partial charge in [0, 0.05) is 6.07 Å². The van der Waals surface area contributed by atoms with E-state index in [-0.39, 0.29) is 27.8 Å². The minimum absolute atomic E-state index is 0.0483. The summed E-state index contributed by atoms with van der Waals surface area (Å²) in [5, 5.41) is 11.6. The van der Waals surface area contributed by atoms with Crippen molar-refractivity contribution in [1.82, 2.24) is 0 Å². The van der Waals surface area contributed by atoms with Crippen LogP contribution in [0.15, 0.2) is 64.0 Å². The summed E-state index contributed by atoms with van der Waals surface area (Å²) < 4.78 is 10.8. The van der Waals surface area contributed by atoms with Gasteiger partial charge in [-0.15, -0.1) is 0 Å². The molecule has 0 fully saturated rings. The van der Waals surface area contributed by atoms with Crippen molar-refractivity contribution in [2.75, 3.05) is 6.61 Å². The Morgan fingerprint density at radius 1 is 0.963 bits per heavy atom. The number of hydrogen-bond donors (Lipinski definition) is 0. The van der Waals surface area contributed by atoms with Gasteiger partial charge in [0.05, 0.1) is 23.2 Å². The summed E-state index contributed by atoms with van der Waals surface area (Å²) in [4.78, 5) is 22.7. The van der Waals surface area contributed by atoms with E-state index in [2.05, 4.69) is 12.1 Å². The zero-order chi connectivity index (χ0) is 19.1. The van der Waals surface area contributed by atoms with Crippen molar-refractivity contribution in [1.29, 1.82) is 0 Å². The molecule has 0 unspecified atom stereocenters. The zero-order valence-corrected chi connectivity index (χ0v) is 14.9. The van der Waals surface area contributed by atoms with E-state index in [0.717, 1.165) is 38.4 Å². The smallest absolute Gasteiger partial charge is 0.353 e. The molecule has 3 rings (SSSR count). The average Bonchev–Trinajstić information content (AvgIpc) is 2.67. The van der Waals surface area contributed by atoms with E-state index in [1.165, 1.54) is 23.8 Å². The van der Waals surface area contributed by atoms with Crippen LogP contribution in [0.25, 0.3) is 11.0 Å². The lowest BCUT2D eigenvalue weighted by Crippen LogP contribution is -2.04. The first-order valence-electron chi connectivity index (χ1n) is 9.02. The van der Waals surface area contributed by atoms with Gasteiger partial charge in [-0.05, 0) is 37.0 Å². The Morgan fingerprint density at radius 3 is 2.52 bits per heavy atom. The summed E-state index contributed by atoms with van der Waals surface area (Å²) >= 11 is 0. The summed E-state index contributed by atoms with van der Waals surface area (Å²) in [6.45, 7) is 0.384. The third-order valence-electron chi connectivity index (χ3n) is 4.41. The van der Waals surface area contributed by atoms with Gasteiger partial charge in [-0.1, -0.05) is 43.2 Å². The zero-order valence-electron chi connectivity index (χ0n) is 14.9. The first kappa shape index (κ1) is 18.6. The minimum Gasteiger partial charge on any atom is -0.487 e. The van der Waals surface area contributed by atoms with Crippen LogP contribution < -0.4 is 10.2 Å². The molecule has 0 spiro atoms. The Bertz CT molecular complexity index is 965. The maximum atomic E-state index is 11.8. The van der Waals surface area contributed by atoms with Gasteiger partial charge in [0.1, 0.15) is 0 Å². The molecule has 0 bridgehead atoms. The molecule has 6 nitrogen and oxygen atoms in total. The lowest BCUT2D eigenvalue weighted by atomic mass is 10.1. The number of rotatable bonds is 9. The highest BCUT2D eigenvalue weighted by Crippen LogP contribution is 2.34. The van der Waals surface area contributed by atoms with E-state index >= 15 is 0 Å². The molecule has 0 saturated carbocycles. The fourth-order valence-corrected chi connectivity index (χ4v) is 3.02. The Morgan fingerprint density at radius 2 is 1.74 bits per heavy atom. The number of unbranched alkanes of at least 4 members (excludes halogenated alkanes) is 3. The standard InChI is InChI=1S/C21H21NO5/c23-18-13-15-27-21-17(18)11-12-19(20(21)22(24)25)26-14-7-2-1-4-8-16-9-5-3-6-10-16/h3,5-6,9-13,15H,1-2,4,7-8,14H2. The molecule has 0 aliphatic carbocycles. The SMILES string of the molecule is O=c1ccoc2c([N+](=O)[O-])c(OCCCCCCc3ccccc3)ccc12. The van der Waals surface area contributed by atoms with Gasteiger partial charge in [-0.3, -0.25) is 14.9 Å². The number of nitro groups is 1. The van der Waals surface area contributed by atoms with Crippen LogP contribution in [0.1, 0.15) is 31.2 Å². The largest absolute Gasteiger partial charge is 0.487 e. The van der Waals surface area contributed by atoms with Crippen LogP contribution in [-0.2, 0) is 6.42 Å². The normalized spacial score (nSPS) is 10.8. The molecule has 1 heterocycles. The van der Waals surface area contributed by atoms with Gasteiger partial charge in [-0.25, -0.2) is 0 Å². The van der Waals surface area contributed by atoms with Crippen LogP contribution in [-0.4, -0.2) is 11.5 Å². The van der Waals surface area contributed by atoms with Gasteiger partial charge in [0.25, 0.3) is 0 Å². The third-order valence-corrected chi connectivity index (χ3v) is 4.41. The molecular weight excluding hydrogens is 346 g/mol. The Kier molecular flexibility index (Phi) is 6.20. The average molecular weight is 367 g/mol. The highest BCUT2D eigenvalue weighted by molar-refractivity contribution is 5.88. The van der Waals surface area contributed by atoms with Crippen molar-refractivity contribution in [3.63, 3.8) is 0 Å². The van der Waals surface area contributed by atoms with Gasteiger partial charge in [0.15, 0.2) is 5.43 Å². The van der Waals surface area contributed by atoms with Crippen molar-refractivity contribution < 1.29 is 14.1 Å². The van der Waals surface area contributed by atoms with Crippen LogP contribution in [0.3, 0.4) is 0 Å². The molecule has 0 radical (unpaired) electrons. The summed E-state index contributed by atoms with van der Waals surface area (Å²) in [6, 6.07) is 14.6. The van der Waals surface area contributed by atoms with Gasteiger partial charge in [-0.2, -0.15) is 0 Å². The lowest BCUT2D eigenvalue weighted by Gasteiger charge is -2.08. The number of benzene rings is 2. The van der Waals surface area contributed by atoms with Gasteiger partial charge in [0.2, 0.25) is 11.3 Å². The fraction of sp³-hybridized carbons (Fsp3) is 0.286. The second kappa shape index (κ2) is 8.98. The van der Waals surface area contributed by atoms with E-state index in [0.29, 0.717) is 6.61 Å². The van der Waals surface area contributed by atoms with Crippen molar-refractivity contribution in [2.24, 2.45) is 0 Å². The molecule has 140 valence electrons. The Balaban J connectivity index is 1.52. The Labute approximate surface area is 156 Å². The van der Waals surface area contributed by atoms with Gasteiger partial charge < -0.3 is 9.15 Å². The van der Waals surface area contributed by atoms with Crippen LogP contribution >= 0.6 is 0 Å². The maximum Gasteiger partial charge on any atom is 0.353 e. The number of nitro benzene ring substituents is 1. The monoisotopic (exact) mass is 367 g/mol. The van der Waals surface area contributed by atoms with Crippen molar-refractivity contribution >= 4 is 16.7 Å². The van der Waals surface area contributed by atoms with Crippen LogP contribution in [0.5, 0.6) is 5.75 Å². The summed E-state index contributed by atoms with van der Waals surface area (Å²) in [5.74, 6) is 0.131. The van der Waals surface area contributed by atoms with E-state index < -0.39 is 4.92 Å². The minimum atomic E-state index is -0.569. The second-order valence-corrected chi connectivity index (χ2v) is 6.33. The van der Waals surface area contributed by atoms with Gasteiger partial charge >= 0.3 is 5.69 Å². The molecule has 0 N–H and O–H groups in total. The third kappa shape index (κ3) is 4.73. The lowest BCUT2D eigenvalue weighted by molar-refractivity contribution is -0.384. The predicted molar refractivity (Wildman–Crippen MR) is 103 cm³/mol. The topological polar surface area (TPSA) is 82.6 Å². The maximum absolute atomic E-state index is 11.8. The van der Waals surface area contributed by atoms with E-state index in [1.54, 1.807) is 0 Å². The summed E-state index contributed by atoms with van der Waals surface area (Å²) in [5.41, 5.74) is 0.675. The molecule has 0 saturated heterocycles. The number of fused-ring (bicyclic) bond motifs is 1. The molecule has 0 amide bonds. The number of aryl methyl sites for hydroxylation is 1. The molecular formula is C21H21NO5. The molecule has 27 heavy (non-hydrogen) atoms. The van der Waals surface area contributed by atoms with Crippen molar-refractivity contribution in [2.45, 2.75) is 32.1 Å². The fourth-order valence-electron chi connectivity index (χ4n) is 3.02. The number of hydrogen-bond acceptors (Lipinski definition) is 5. The summed E-state index contributed by atoms with van der Waals surface area (Å²) in [6.07, 6.45) is 6.19. The van der Waals surface area contributed by atoms with Crippen LogP contribution in [0.2, 0.25) is 0 Å². The second-order valence-electron chi connectivity index (χ2n) is 6.33. The molecule has 0 aliphatic rings. The van der Waals surface area contributed by atoms with E-state index in [9.17, 15) is 14.9 Å². The molecule has 2 aromatic carbocycles. The number of nitrogens with zero attached hydrogens (tertiary/aromatic N) is 1. The predicted octanol–water partition coefficient (Wildman–Crippen LogP) is 4.88. The quantitative estimate of drug-likeness (QED) is 0.306. The van der Waals surface area contributed by atoms with Crippen LogP contribution in [0.4, 0.5) is 5.69 Å². The van der Waals surface area contributed by atoms with E-state index in [4.69, 9.17) is 9.15 Å². The molecule has 1 aromatic heterocycles.